The standard InChI is InChI=1S/C9H8ClFO3S/c10-6-1-3-7(4-2-6)15(12,13)9(11)8-5-14-8/h1-4,8-9H,5H2. The van der Waals surface area contributed by atoms with Crippen LogP contribution in [0.4, 0.5) is 4.39 Å². The highest BCUT2D eigenvalue weighted by Gasteiger charge is 2.42. The number of epoxide rings is 1. The zero-order chi connectivity index (χ0) is 11.1. The molecule has 6 heteroatoms. The molecule has 0 radical (unpaired) electrons. The predicted molar refractivity (Wildman–Crippen MR) is 53.3 cm³/mol. The van der Waals surface area contributed by atoms with Gasteiger partial charge in [-0.1, -0.05) is 11.6 Å². The van der Waals surface area contributed by atoms with Crippen LogP contribution in [0.1, 0.15) is 0 Å². The van der Waals surface area contributed by atoms with E-state index in [1.807, 2.05) is 0 Å². The first kappa shape index (κ1) is 10.9. The van der Waals surface area contributed by atoms with Gasteiger partial charge >= 0.3 is 0 Å². The van der Waals surface area contributed by atoms with Gasteiger partial charge in [-0.2, -0.15) is 0 Å². The molecule has 0 saturated carbocycles. The molecule has 1 aliphatic heterocycles. The molecule has 1 saturated heterocycles. The first-order valence-corrected chi connectivity index (χ1v) is 6.19. The van der Waals surface area contributed by atoms with Gasteiger partial charge in [0.15, 0.2) is 0 Å². The molecule has 3 nitrogen and oxygen atoms in total. The van der Waals surface area contributed by atoms with Crippen molar-refractivity contribution in [3.63, 3.8) is 0 Å². The van der Waals surface area contributed by atoms with E-state index in [2.05, 4.69) is 4.74 Å². The summed E-state index contributed by atoms with van der Waals surface area (Å²) in [6.07, 6.45) is -0.814. The van der Waals surface area contributed by atoms with Gasteiger partial charge in [0.05, 0.1) is 11.5 Å². The molecule has 0 aromatic heterocycles. The number of rotatable bonds is 3. The van der Waals surface area contributed by atoms with Crippen LogP contribution in [-0.2, 0) is 14.6 Å². The quantitative estimate of drug-likeness (QED) is 0.769. The zero-order valence-electron chi connectivity index (χ0n) is 7.56. The second kappa shape index (κ2) is 3.73. The van der Waals surface area contributed by atoms with Gasteiger partial charge in [-0.15, -0.1) is 0 Å². The van der Waals surface area contributed by atoms with Crippen LogP contribution in [0.2, 0.25) is 5.02 Å². The summed E-state index contributed by atoms with van der Waals surface area (Å²) in [6, 6.07) is 5.39. The van der Waals surface area contributed by atoms with Crippen LogP contribution >= 0.6 is 11.6 Å². The lowest BCUT2D eigenvalue weighted by Gasteiger charge is -2.06. The molecule has 0 aliphatic carbocycles. The second-order valence-electron chi connectivity index (χ2n) is 3.22. The van der Waals surface area contributed by atoms with Crippen molar-refractivity contribution in [1.29, 1.82) is 0 Å². The van der Waals surface area contributed by atoms with E-state index in [0.717, 1.165) is 0 Å². The van der Waals surface area contributed by atoms with Crippen molar-refractivity contribution in [2.24, 2.45) is 0 Å². The molecule has 0 amide bonds. The smallest absolute Gasteiger partial charge is 0.233 e. The summed E-state index contributed by atoms with van der Waals surface area (Å²) in [5, 5.41) is 0.409. The van der Waals surface area contributed by atoms with Gasteiger partial charge in [0, 0.05) is 5.02 Å². The molecule has 0 bridgehead atoms. The Morgan fingerprint density at radius 1 is 1.40 bits per heavy atom. The summed E-state index contributed by atoms with van der Waals surface area (Å²) in [6.45, 7) is 0.161. The maximum atomic E-state index is 13.4. The molecule has 82 valence electrons. The molecule has 1 aliphatic rings. The highest BCUT2D eigenvalue weighted by molar-refractivity contribution is 7.92. The minimum absolute atomic E-state index is 0.0742. The topological polar surface area (TPSA) is 46.7 Å². The Balaban J connectivity index is 2.32. The largest absolute Gasteiger partial charge is 0.369 e. The average Bonchev–Trinajstić information content (AvgIpc) is 3.00. The average molecular weight is 251 g/mol. The van der Waals surface area contributed by atoms with Gasteiger partial charge in [0.1, 0.15) is 6.10 Å². The van der Waals surface area contributed by atoms with E-state index < -0.39 is 21.4 Å². The summed E-state index contributed by atoms with van der Waals surface area (Å²) in [5.74, 6) is 0. The van der Waals surface area contributed by atoms with Crippen LogP contribution in [0.3, 0.4) is 0 Å². The Kier molecular flexibility index (Phi) is 2.70. The molecule has 1 fully saturated rings. The lowest BCUT2D eigenvalue weighted by atomic mass is 10.4. The number of hydrogen-bond donors (Lipinski definition) is 0. The van der Waals surface area contributed by atoms with Crippen molar-refractivity contribution < 1.29 is 17.5 Å². The zero-order valence-corrected chi connectivity index (χ0v) is 9.13. The minimum Gasteiger partial charge on any atom is -0.369 e. The summed E-state index contributed by atoms with van der Waals surface area (Å²) in [4.78, 5) is -0.0742. The lowest BCUT2D eigenvalue weighted by molar-refractivity contribution is 0.309. The van der Waals surface area contributed by atoms with Crippen LogP contribution < -0.4 is 0 Å². The van der Waals surface area contributed by atoms with Gasteiger partial charge in [0.2, 0.25) is 15.3 Å². The van der Waals surface area contributed by atoms with E-state index in [0.29, 0.717) is 5.02 Å². The molecule has 0 spiro atoms. The molecule has 1 aromatic rings. The fourth-order valence-corrected chi connectivity index (χ4v) is 2.62. The van der Waals surface area contributed by atoms with Gasteiger partial charge in [-0.05, 0) is 24.3 Å². The Morgan fingerprint density at radius 3 is 2.40 bits per heavy atom. The summed E-state index contributed by atoms with van der Waals surface area (Å²) in [7, 11) is -3.94. The molecule has 2 unspecified atom stereocenters. The Hall–Kier alpha value is -0.650. The maximum Gasteiger partial charge on any atom is 0.233 e. The molecule has 2 rings (SSSR count). The van der Waals surface area contributed by atoms with E-state index in [4.69, 9.17) is 11.6 Å². The van der Waals surface area contributed by atoms with Crippen LogP contribution in [-0.4, -0.2) is 26.6 Å². The van der Waals surface area contributed by atoms with Crippen LogP contribution in [0.15, 0.2) is 29.2 Å². The number of halogens is 2. The van der Waals surface area contributed by atoms with E-state index in [9.17, 15) is 12.8 Å². The molecular weight excluding hydrogens is 243 g/mol. The van der Waals surface area contributed by atoms with Crippen LogP contribution in [0.5, 0.6) is 0 Å². The predicted octanol–water partition coefficient (Wildman–Crippen LogP) is 1.81. The van der Waals surface area contributed by atoms with E-state index in [-0.39, 0.29) is 11.5 Å². The number of alkyl halides is 1. The molecule has 0 N–H and O–H groups in total. The van der Waals surface area contributed by atoms with Crippen molar-refractivity contribution in [3.8, 4) is 0 Å². The van der Waals surface area contributed by atoms with Gasteiger partial charge in [-0.25, -0.2) is 12.8 Å². The number of ether oxygens (including phenoxy) is 1. The first-order chi connectivity index (χ1) is 7.01. The Morgan fingerprint density at radius 2 is 1.93 bits per heavy atom. The van der Waals surface area contributed by atoms with E-state index >= 15 is 0 Å². The van der Waals surface area contributed by atoms with Crippen molar-refractivity contribution in [1.82, 2.24) is 0 Å². The third-order valence-electron chi connectivity index (χ3n) is 2.09. The van der Waals surface area contributed by atoms with E-state index in [1.54, 1.807) is 0 Å². The van der Waals surface area contributed by atoms with Gasteiger partial charge in [0.25, 0.3) is 0 Å². The Labute approximate surface area is 91.7 Å². The third-order valence-corrected chi connectivity index (χ3v) is 4.17. The summed E-state index contributed by atoms with van der Waals surface area (Å²) < 4.78 is 41.3. The highest BCUT2D eigenvalue weighted by atomic mass is 35.5. The summed E-state index contributed by atoms with van der Waals surface area (Å²) >= 11 is 5.60. The number of hydrogen-bond acceptors (Lipinski definition) is 3. The monoisotopic (exact) mass is 250 g/mol. The lowest BCUT2D eigenvalue weighted by Crippen LogP contribution is -2.22. The SMILES string of the molecule is O=S(=O)(c1ccc(Cl)cc1)C(F)C1CO1. The normalized spacial score (nSPS) is 22.4. The Bertz CT molecular complexity index is 453. The highest BCUT2D eigenvalue weighted by Crippen LogP contribution is 2.27. The van der Waals surface area contributed by atoms with Gasteiger partial charge in [-0.3, -0.25) is 0 Å². The molecule has 15 heavy (non-hydrogen) atoms. The third kappa shape index (κ3) is 2.14. The van der Waals surface area contributed by atoms with Crippen molar-refractivity contribution in [2.45, 2.75) is 16.5 Å². The summed E-state index contributed by atoms with van der Waals surface area (Å²) in [5.41, 5.74) is -1.99. The molecule has 2 atom stereocenters. The second-order valence-corrected chi connectivity index (χ2v) is 5.67. The van der Waals surface area contributed by atoms with E-state index in [1.165, 1.54) is 24.3 Å². The number of sulfone groups is 1. The molecule has 1 aromatic carbocycles. The minimum atomic E-state index is -3.94. The number of benzene rings is 1. The van der Waals surface area contributed by atoms with Crippen LogP contribution in [0, 0.1) is 0 Å². The first-order valence-electron chi connectivity index (χ1n) is 4.27. The van der Waals surface area contributed by atoms with Crippen molar-refractivity contribution >= 4 is 21.4 Å². The van der Waals surface area contributed by atoms with Gasteiger partial charge < -0.3 is 4.74 Å². The van der Waals surface area contributed by atoms with Crippen LogP contribution in [0.25, 0.3) is 0 Å². The fourth-order valence-electron chi connectivity index (χ4n) is 1.16. The molecule has 1 heterocycles. The maximum absolute atomic E-state index is 13.4. The van der Waals surface area contributed by atoms with Crippen molar-refractivity contribution in [3.05, 3.63) is 29.3 Å². The fraction of sp³-hybridized carbons (Fsp3) is 0.333. The van der Waals surface area contributed by atoms with Crippen molar-refractivity contribution in [2.75, 3.05) is 6.61 Å². The molecular formula is C9H8ClFO3S.